The lowest BCUT2D eigenvalue weighted by Gasteiger charge is -2.62. The Balaban J connectivity index is 1.15. The first-order chi connectivity index (χ1) is 21.4. The molecule has 47 heavy (non-hydrogen) atoms. The second kappa shape index (κ2) is 9.94. The smallest absolute Gasteiger partial charge is 0.419 e. The molecule has 1 N–H and O–H groups in total. The number of rotatable bonds is 6. The number of esters is 2. The van der Waals surface area contributed by atoms with Crippen LogP contribution in [0.3, 0.4) is 0 Å². The van der Waals surface area contributed by atoms with Gasteiger partial charge >= 0.3 is 33.5 Å². The lowest BCUT2D eigenvalue weighted by Crippen LogP contribution is -2.65. The second-order valence-corrected chi connectivity index (χ2v) is 18.4. The lowest BCUT2D eigenvalue weighted by atomic mass is 9.47. The summed E-state index contributed by atoms with van der Waals surface area (Å²) in [5, 5.41) is -6.21. The average molecular weight is 718 g/mol. The zero-order chi connectivity index (χ0) is 34.5. The minimum atomic E-state index is -5.89. The topological polar surface area (TPSA) is 146 Å². The quantitative estimate of drug-likeness (QED) is 0.245. The molecule has 4 aliphatic carbocycles. The number of carbonyl (C=O) groups is 3. The van der Waals surface area contributed by atoms with Crippen molar-refractivity contribution < 1.29 is 68.3 Å². The van der Waals surface area contributed by atoms with Gasteiger partial charge in [-0.25, -0.2) is 0 Å². The minimum absolute atomic E-state index is 0.0285. The molecule has 4 saturated heterocycles. The monoisotopic (exact) mass is 717 g/mol. The van der Waals surface area contributed by atoms with E-state index in [9.17, 15) is 44.8 Å². The first-order valence-corrected chi connectivity index (χ1v) is 18.0. The summed E-state index contributed by atoms with van der Waals surface area (Å²) in [6.07, 6.45) is -3.85. The van der Waals surface area contributed by atoms with E-state index >= 15 is 0 Å². The van der Waals surface area contributed by atoms with Crippen LogP contribution in [0, 0.1) is 35.0 Å². The van der Waals surface area contributed by atoms with Gasteiger partial charge in [0.15, 0.2) is 18.0 Å². The first-order valence-electron chi connectivity index (χ1n) is 15.6. The van der Waals surface area contributed by atoms with Crippen LogP contribution in [0.25, 0.3) is 0 Å². The van der Waals surface area contributed by atoms with Crippen LogP contribution in [0.1, 0.15) is 59.8 Å². The van der Waals surface area contributed by atoms with Crippen molar-refractivity contribution >= 4 is 39.7 Å². The van der Waals surface area contributed by atoms with Crippen LogP contribution < -0.4 is 0 Å². The third kappa shape index (κ3) is 4.65. The fourth-order valence-corrected chi connectivity index (χ4v) is 12.0. The molecule has 18 heteroatoms. The van der Waals surface area contributed by atoms with Crippen molar-refractivity contribution in [1.82, 2.24) is 4.90 Å². The summed E-state index contributed by atoms with van der Waals surface area (Å²) in [6.45, 7) is 3.64. The van der Waals surface area contributed by atoms with Crippen molar-refractivity contribution in [3.05, 3.63) is 0 Å². The molecule has 0 radical (unpaired) electrons. The molecule has 6 bridgehead atoms. The molecule has 9 atom stereocenters. The predicted octanol–water partition coefficient (Wildman–Crippen LogP) is 3.55. The van der Waals surface area contributed by atoms with Gasteiger partial charge in [0.2, 0.25) is 5.91 Å². The van der Waals surface area contributed by atoms with Gasteiger partial charge in [-0.1, -0.05) is 0 Å². The summed E-state index contributed by atoms with van der Waals surface area (Å²) < 4.78 is 123. The van der Waals surface area contributed by atoms with E-state index in [1.165, 1.54) is 11.8 Å². The maximum absolute atomic E-state index is 14.3. The maximum Gasteiger partial charge on any atom is 0.419 e. The average Bonchev–Trinajstić information content (AvgIpc) is 3.64. The zero-order valence-electron chi connectivity index (χ0n) is 25.9. The van der Waals surface area contributed by atoms with E-state index in [1.807, 2.05) is 0 Å². The Labute approximate surface area is 271 Å². The molecule has 8 fully saturated rings. The molecule has 1 spiro atoms. The Kier molecular flexibility index (Phi) is 7.13. The van der Waals surface area contributed by atoms with Crippen molar-refractivity contribution in [2.24, 2.45) is 35.0 Å². The minimum Gasteiger partial charge on any atom is -0.458 e. The molecule has 4 heterocycles. The van der Waals surface area contributed by atoms with Crippen LogP contribution in [0.5, 0.6) is 0 Å². The number of likely N-dealkylation sites (tertiary alicyclic amines) is 1. The molecule has 8 rings (SSSR count). The highest BCUT2D eigenvalue weighted by Crippen LogP contribution is 2.68. The van der Waals surface area contributed by atoms with Crippen molar-refractivity contribution in [2.75, 3.05) is 13.2 Å². The number of fused-ring (bicyclic) bond motifs is 1. The Morgan fingerprint density at radius 2 is 1.68 bits per heavy atom. The van der Waals surface area contributed by atoms with Gasteiger partial charge in [0.25, 0.3) is 0 Å². The Morgan fingerprint density at radius 1 is 1.06 bits per heavy atom. The van der Waals surface area contributed by atoms with E-state index < -0.39 is 121 Å². The molecule has 8 aliphatic rings. The van der Waals surface area contributed by atoms with Crippen LogP contribution in [0.15, 0.2) is 0 Å². The largest absolute Gasteiger partial charge is 0.458 e. The molecular weight excluding hydrogens is 681 g/mol. The molecule has 0 aromatic carbocycles. The number of halogens is 5. The Morgan fingerprint density at radius 3 is 2.21 bits per heavy atom. The number of alkyl halides is 5. The van der Waals surface area contributed by atoms with Gasteiger partial charge in [-0.15, -0.1) is 11.8 Å². The molecule has 0 aromatic heterocycles. The third-order valence-electron chi connectivity index (χ3n) is 11.5. The molecular formula is C29H36F5NO10S2. The highest BCUT2D eigenvalue weighted by atomic mass is 32.2. The number of carbonyl (C=O) groups excluding carboxylic acids is 3. The van der Waals surface area contributed by atoms with Gasteiger partial charge in [0, 0.05) is 22.6 Å². The summed E-state index contributed by atoms with van der Waals surface area (Å²) in [7, 11) is -5.89. The predicted molar refractivity (Wildman–Crippen MR) is 150 cm³/mol. The standard InChI is InChI=1S/C29H36F5NO10S2/c1-24(2,3)35-17-18(20-16(15(21(35)36)19(17)46-20)22(37)42-11-27(30,31)47(39,40)41)44-23(38)26-7-12-5-13(8-26)28(14(6-12)9-26)43-10-25(4,45-28)29(32,33)34/h12-20H,5-11H2,1-4H3,(H,39,40,41). The molecule has 0 aromatic rings. The van der Waals surface area contributed by atoms with E-state index in [2.05, 4.69) is 4.74 Å². The van der Waals surface area contributed by atoms with Gasteiger partial charge < -0.3 is 23.8 Å². The van der Waals surface area contributed by atoms with Crippen LogP contribution in [0.2, 0.25) is 0 Å². The van der Waals surface area contributed by atoms with Crippen LogP contribution >= 0.6 is 11.8 Å². The van der Waals surface area contributed by atoms with Gasteiger partial charge in [0.1, 0.15) is 6.10 Å². The fraction of sp³-hybridized carbons (Fsp3) is 0.897. The van der Waals surface area contributed by atoms with Gasteiger partial charge in [-0.05, 0) is 65.7 Å². The van der Waals surface area contributed by atoms with E-state index in [0.29, 0.717) is 19.3 Å². The SMILES string of the molecule is CC(C)(C)N1C(=O)C2C3SC(C(OC(=O)C45CC6CC(C4)C4(OCC(C)(C(F)(F)F)O4)C(C6)C5)C31)C2C(=O)OCC(F)(F)S(=O)(=O)O. The van der Waals surface area contributed by atoms with Crippen molar-refractivity contribution in [3.8, 4) is 0 Å². The number of ether oxygens (including phenoxy) is 4. The van der Waals surface area contributed by atoms with Crippen LogP contribution in [-0.2, 0) is 43.4 Å². The molecule has 11 nitrogen and oxygen atoms in total. The van der Waals surface area contributed by atoms with Crippen molar-refractivity contribution in [2.45, 2.75) is 111 Å². The Bertz CT molecular complexity index is 1500. The maximum atomic E-state index is 14.3. The number of thioether (sulfide) groups is 1. The summed E-state index contributed by atoms with van der Waals surface area (Å²) >= 11 is 1.21. The summed E-state index contributed by atoms with van der Waals surface area (Å²) in [4.78, 5) is 42.8. The number of amides is 1. The van der Waals surface area contributed by atoms with Gasteiger partial charge in [0.05, 0.1) is 35.1 Å². The summed E-state index contributed by atoms with van der Waals surface area (Å²) in [5.74, 6) is -7.08. The number of hydrogen-bond acceptors (Lipinski definition) is 10. The summed E-state index contributed by atoms with van der Waals surface area (Å²) in [6, 6.07) is -0.649. The van der Waals surface area contributed by atoms with Crippen LogP contribution in [-0.4, -0.2) is 99.9 Å². The fourth-order valence-electron chi connectivity index (χ4n) is 9.76. The Hall–Kier alpha value is -1.76. The number of nitrogens with zero attached hydrogens (tertiary/aromatic N) is 1. The summed E-state index contributed by atoms with van der Waals surface area (Å²) in [5.41, 5.74) is -4.32. The number of hydrogen-bond donors (Lipinski definition) is 1. The first kappa shape index (κ1) is 33.7. The molecule has 264 valence electrons. The molecule has 1 amide bonds. The molecule has 4 aliphatic heterocycles. The lowest BCUT2D eigenvalue weighted by molar-refractivity contribution is -0.344. The highest BCUT2D eigenvalue weighted by Gasteiger charge is 2.76. The van der Waals surface area contributed by atoms with Crippen LogP contribution in [0.4, 0.5) is 22.0 Å². The van der Waals surface area contributed by atoms with E-state index in [4.69, 9.17) is 18.8 Å². The third-order valence-corrected chi connectivity index (χ3v) is 14.2. The molecule has 4 saturated carbocycles. The van der Waals surface area contributed by atoms with Crippen molar-refractivity contribution in [3.63, 3.8) is 0 Å². The van der Waals surface area contributed by atoms with E-state index in [1.54, 1.807) is 25.7 Å². The second-order valence-electron chi connectivity index (χ2n) is 15.5. The molecule has 9 unspecified atom stereocenters. The highest BCUT2D eigenvalue weighted by molar-refractivity contribution is 8.01. The zero-order valence-corrected chi connectivity index (χ0v) is 27.6. The van der Waals surface area contributed by atoms with Crippen molar-refractivity contribution in [1.29, 1.82) is 0 Å². The van der Waals surface area contributed by atoms with E-state index in [0.717, 1.165) is 6.92 Å². The van der Waals surface area contributed by atoms with Gasteiger partial charge in [-0.2, -0.15) is 30.4 Å². The van der Waals surface area contributed by atoms with Gasteiger partial charge in [-0.3, -0.25) is 18.9 Å². The normalized spacial score (nSPS) is 45.4. The van der Waals surface area contributed by atoms with E-state index in [-0.39, 0.29) is 18.8 Å².